The van der Waals surface area contributed by atoms with Gasteiger partial charge in [0.2, 0.25) is 5.91 Å². The van der Waals surface area contributed by atoms with Crippen LogP contribution in [0.2, 0.25) is 0 Å². The molecule has 2 aromatic rings. The number of likely N-dealkylation sites (N-methyl/N-ethyl adjacent to an activating group) is 1. The fourth-order valence-electron chi connectivity index (χ4n) is 1.60. The van der Waals surface area contributed by atoms with Crippen LogP contribution in [0.4, 0.5) is 5.13 Å². The van der Waals surface area contributed by atoms with Gasteiger partial charge in [0.1, 0.15) is 11.3 Å². The SMILES string of the molecule is COc1cc(/C=C/C(=O)N(C)C)cc2sc(N)nc12. The fourth-order valence-corrected chi connectivity index (χ4v) is 2.40. The Bertz CT molecular complexity index is 647. The summed E-state index contributed by atoms with van der Waals surface area (Å²) < 4.78 is 6.23. The molecule has 0 radical (unpaired) electrons. The van der Waals surface area contributed by atoms with Crippen molar-refractivity contribution in [2.75, 3.05) is 26.9 Å². The Hall–Kier alpha value is -2.08. The van der Waals surface area contributed by atoms with Crippen molar-refractivity contribution in [3.05, 3.63) is 23.8 Å². The molecule has 100 valence electrons. The lowest BCUT2D eigenvalue weighted by Gasteiger charge is -2.06. The van der Waals surface area contributed by atoms with Gasteiger partial charge in [-0.15, -0.1) is 0 Å². The molecule has 5 nitrogen and oxygen atoms in total. The predicted octanol–water partition coefficient (Wildman–Crippen LogP) is 1.99. The number of rotatable bonds is 3. The molecular formula is C13H15N3O2S. The molecule has 1 aromatic heterocycles. The Balaban J connectivity index is 2.42. The minimum atomic E-state index is -0.0668. The zero-order valence-electron chi connectivity index (χ0n) is 11.0. The first kappa shape index (κ1) is 13.4. The molecular weight excluding hydrogens is 262 g/mol. The first-order valence-electron chi connectivity index (χ1n) is 5.64. The summed E-state index contributed by atoms with van der Waals surface area (Å²) >= 11 is 1.39. The fraction of sp³-hybridized carbons (Fsp3) is 0.231. The number of carbonyl (C=O) groups excluding carboxylic acids is 1. The van der Waals surface area contributed by atoms with Gasteiger partial charge in [-0.1, -0.05) is 11.3 Å². The van der Waals surface area contributed by atoms with Crippen molar-refractivity contribution in [2.45, 2.75) is 0 Å². The van der Waals surface area contributed by atoms with Gasteiger partial charge < -0.3 is 15.4 Å². The molecule has 1 heterocycles. The Morgan fingerprint density at radius 3 is 2.84 bits per heavy atom. The third-order valence-electron chi connectivity index (χ3n) is 2.58. The van der Waals surface area contributed by atoms with Crippen molar-refractivity contribution in [1.29, 1.82) is 0 Å². The number of thiazole rings is 1. The molecule has 1 aromatic carbocycles. The first-order valence-corrected chi connectivity index (χ1v) is 6.46. The van der Waals surface area contributed by atoms with E-state index in [2.05, 4.69) is 4.98 Å². The van der Waals surface area contributed by atoms with Crippen LogP contribution in [0.5, 0.6) is 5.75 Å². The molecule has 0 aliphatic carbocycles. The first-order chi connectivity index (χ1) is 9.01. The standard InChI is InChI=1S/C13H15N3O2S/c1-16(2)11(17)5-4-8-6-9(18-3)12-10(7-8)19-13(14)15-12/h4-7H,1-3H3,(H2,14,15)/b5-4+. The van der Waals surface area contributed by atoms with Gasteiger partial charge in [0.25, 0.3) is 0 Å². The summed E-state index contributed by atoms with van der Waals surface area (Å²) in [5, 5.41) is 0.499. The lowest BCUT2D eigenvalue weighted by molar-refractivity contribution is -0.123. The largest absolute Gasteiger partial charge is 0.494 e. The van der Waals surface area contributed by atoms with Crippen LogP contribution in [0.3, 0.4) is 0 Å². The van der Waals surface area contributed by atoms with Crippen LogP contribution >= 0.6 is 11.3 Å². The summed E-state index contributed by atoms with van der Waals surface area (Å²) in [7, 11) is 5.00. The second kappa shape index (κ2) is 5.27. The lowest BCUT2D eigenvalue weighted by atomic mass is 10.2. The van der Waals surface area contributed by atoms with Crippen LogP contribution in [0, 0.1) is 0 Å². The van der Waals surface area contributed by atoms with Gasteiger partial charge in [-0.05, 0) is 23.8 Å². The van der Waals surface area contributed by atoms with E-state index in [4.69, 9.17) is 10.5 Å². The van der Waals surface area contributed by atoms with E-state index in [1.807, 2.05) is 12.1 Å². The molecule has 0 saturated carbocycles. The van der Waals surface area contributed by atoms with Gasteiger partial charge in [-0.3, -0.25) is 4.79 Å². The van der Waals surface area contributed by atoms with Crippen molar-refractivity contribution in [1.82, 2.24) is 9.88 Å². The van der Waals surface area contributed by atoms with Gasteiger partial charge in [0.05, 0.1) is 11.8 Å². The molecule has 2 rings (SSSR count). The molecule has 1 amide bonds. The van der Waals surface area contributed by atoms with E-state index in [1.54, 1.807) is 27.3 Å². The minimum Gasteiger partial charge on any atom is -0.494 e. The van der Waals surface area contributed by atoms with Crippen molar-refractivity contribution in [3.63, 3.8) is 0 Å². The molecule has 0 atom stereocenters. The normalized spacial score (nSPS) is 11.1. The van der Waals surface area contributed by atoms with Gasteiger partial charge in [-0.2, -0.15) is 0 Å². The van der Waals surface area contributed by atoms with E-state index in [1.165, 1.54) is 22.3 Å². The molecule has 0 saturated heterocycles. The van der Waals surface area contributed by atoms with E-state index in [9.17, 15) is 4.79 Å². The number of hydrogen-bond acceptors (Lipinski definition) is 5. The van der Waals surface area contributed by atoms with E-state index in [-0.39, 0.29) is 5.91 Å². The second-order valence-electron chi connectivity index (χ2n) is 4.19. The van der Waals surface area contributed by atoms with Crippen LogP contribution in [-0.2, 0) is 4.79 Å². The van der Waals surface area contributed by atoms with Gasteiger partial charge in [0.15, 0.2) is 5.13 Å². The average Bonchev–Trinajstić information content (AvgIpc) is 2.74. The number of fused-ring (bicyclic) bond motifs is 1. The van der Waals surface area contributed by atoms with Crippen LogP contribution in [0.25, 0.3) is 16.3 Å². The highest BCUT2D eigenvalue weighted by molar-refractivity contribution is 7.22. The third kappa shape index (κ3) is 2.85. The Morgan fingerprint density at radius 1 is 1.47 bits per heavy atom. The van der Waals surface area contributed by atoms with Gasteiger partial charge >= 0.3 is 0 Å². The smallest absolute Gasteiger partial charge is 0.246 e. The molecule has 6 heteroatoms. The van der Waals surface area contributed by atoms with E-state index < -0.39 is 0 Å². The average molecular weight is 277 g/mol. The summed E-state index contributed by atoms with van der Waals surface area (Å²) in [6, 6.07) is 3.77. The van der Waals surface area contributed by atoms with Crippen molar-refractivity contribution in [2.24, 2.45) is 0 Å². The minimum absolute atomic E-state index is 0.0668. The lowest BCUT2D eigenvalue weighted by Crippen LogP contribution is -2.18. The zero-order valence-corrected chi connectivity index (χ0v) is 11.8. The number of nitrogens with zero attached hydrogens (tertiary/aromatic N) is 2. The van der Waals surface area contributed by atoms with E-state index in [0.29, 0.717) is 10.9 Å². The molecule has 0 bridgehead atoms. The monoisotopic (exact) mass is 277 g/mol. The highest BCUT2D eigenvalue weighted by Gasteiger charge is 2.08. The number of benzene rings is 1. The van der Waals surface area contributed by atoms with Crippen molar-refractivity contribution < 1.29 is 9.53 Å². The third-order valence-corrected chi connectivity index (χ3v) is 3.41. The number of methoxy groups -OCH3 is 1. The number of nitrogens with two attached hydrogens (primary N) is 1. The summed E-state index contributed by atoms with van der Waals surface area (Å²) in [6.45, 7) is 0. The maximum absolute atomic E-state index is 11.5. The maximum atomic E-state index is 11.5. The summed E-state index contributed by atoms with van der Waals surface area (Å²) in [5.41, 5.74) is 7.33. The Kier molecular flexibility index (Phi) is 3.71. The topological polar surface area (TPSA) is 68.5 Å². The van der Waals surface area contributed by atoms with E-state index in [0.717, 1.165) is 15.8 Å². The summed E-state index contributed by atoms with van der Waals surface area (Å²) in [5.74, 6) is 0.588. The molecule has 0 unspecified atom stereocenters. The maximum Gasteiger partial charge on any atom is 0.246 e. The van der Waals surface area contributed by atoms with Crippen molar-refractivity contribution in [3.8, 4) is 5.75 Å². The van der Waals surface area contributed by atoms with Crippen LogP contribution in [-0.4, -0.2) is 37.0 Å². The highest BCUT2D eigenvalue weighted by atomic mass is 32.1. The highest BCUT2D eigenvalue weighted by Crippen LogP contribution is 2.32. The van der Waals surface area contributed by atoms with Crippen LogP contribution < -0.4 is 10.5 Å². The zero-order chi connectivity index (χ0) is 14.0. The Labute approximate surface area is 115 Å². The molecule has 0 aliphatic rings. The van der Waals surface area contributed by atoms with Crippen LogP contribution in [0.15, 0.2) is 18.2 Å². The van der Waals surface area contributed by atoms with Crippen molar-refractivity contribution >= 4 is 38.7 Å². The summed E-state index contributed by atoms with van der Waals surface area (Å²) in [6.07, 6.45) is 3.27. The van der Waals surface area contributed by atoms with Gasteiger partial charge in [0, 0.05) is 20.2 Å². The van der Waals surface area contributed by atoms with Crippen LogP contribution in [0.1, 0.15) is 5.56 Å². The Morgan fingerprint density at radius 2 is 2.21 bits per heavy atom. The summed E-state index contributed by atoms with van der Waals surface area (Å²) in [4.78, 5) is 17.2. The quantitative estimate of drug-likeness (QED) is 0.871. The molecule has 0 spiro atoms. The van der Waals surface area contributed by atoms with Gasteiger partial charge in [-0.25, -0.2) is 4.98 Å². The molecule has 0 aliphatic heterocycles. The number of hydrogen-bond donors (Lipinski definition) is 1. The predicted molar refractivity (Wildman–Crippen MR) is 78.3 cm³/mol. The number of amides is 1. The number of anilines is 1. The molecule has 0 fully saturated rings. The molecule has 2 N–H and O–H groups in total. The molecule has 19 heavy (non-hydrogen) atoms. The number of carbonyl (C=O) groups is 1. The van der Waals surface area contributed by atoms with E-state index >= 15 is 0 Å². The number of nitrogen functional groups attached to an aromatic ring is 1. The number of ether oxygens (including phenoxy) is 1. The number of aromatic nitrogens is 1. The second-order valence-corrected chi connectivity index (χ2v) is 5.25.